The van der Waals surface area contributed by atoms with E-state index in [2.05, 4.69) is 103 Å². The lowest BCUT2D eigenvalue weighted by atomic mass is 9.75. The molecule has 3 aliphatic rings. The van der Waals surface area contributed by atoms with Crippen molar-refractivity contribution in [3.8, 4) is 0 Å². The van der Waals surface area contributed by atoms with Crippen LogP contribution in [0.2, 0.25) is 0 Å². The Kier molecular flexibility index (Phi) is 4.93. The second kappa shape index (κ2) is 7.17. The lowest BCUT2D eigenvalue weighted by Gasteiger charge is -2.29. The van der Waals surface area contributed by atoms with Crippen molar-refractivity contribution in [2.24, 2.45) is 11.3 Å². The largest absolute Gasteiger partial charge is 0.0735 e. The highest BCUT2D eigenvalue weighted by molar-refractivity contribution is 5.90. The van der Waals surface area contributed by atoms with E-state index in [0.29, 0.717) is 11.8 Å². The fraction of sp³-hybridized carbons (Fsp3) is 0.379. The van der Waals surface area contributed by atoms with Crippen LogP contribution in [0, 0.1) is 32.1 Å². The fourth-order valence-corrected chi connectivity index (χ4v) is 5.59. The number of hydrogen-bond acceptors (Lipinski definition) is 0. The first-order valence-electron chi connectivity index (χ1n) is 11.0. The topological polar surface area (TPSA) is 0 Å². The zero-order valence-corrected chi connectivity index (χ0v) is 19.1. The summed E-state index contributed by atoms with van der Waals surface area (Å²) in [7, 11) is 0. The molecule has 0 amide bonds. The Morgan fingerprint density at radius 1 is 0.793 bits per heavy atom. The predicted molar refractivity (Wildman–Crippen MR) is 127 cm³/mol. The van der Waals surface area contributed by atoms with Gasteiger partial charge in [0.25, 0.3) is 0 Å². The molecular weight excluding hydrogens is 348 g/mol. The first kappa shape index (κ1) is 20.0. The average molecular weight is 383 g/mol. The second-order valence-corrected chi connectivity index (χ2v) is 9.37. The number of hydrogen-bond donors (Lipinski definition) is 0. The second-order valence-electron chi connectivity index (χ2n) is 9.37. The van der Waals surface area contributed by atoms with Crippen LogP contribution < -0.4 is 0 Å². The van der Waals surface area contributed by atoms with Crippen LogP contribution in [0.5, 0.6) is 0 Å². The molecule has 0 aromatic heterocycles. The van der Waals surface area contributed by atoms with Crippen LogP contribution in [0.15, 0.2) is 71.4 Å². The summed E-state index contributed by atoms with van der Waals surface area (Å²) in [5.41, 5.74) is 13.5. The normalized spacial score (nSPS) is 20.9. The number of allylic oxidation sites excluding steroid dienone is 12. The summed E-state index contributed by atoms with van der Waals surface area (Å²) in [5, 5.41) is 0. The summed E-state index contributed by atoms with van der Waals surface area (Å²) in [6.45, 7) is 16.4. The van der Waals surface area contributed by atoms with E-state index in [0.717, 1.165) is 6.42 Å². The lowest BCUT2D eigenvalue weighted by Crippen LogP contribution is -2.18. The van der Waals surface area contributed by atoms with Crippen molar-refractivity contribution in [3.05, 3.63) is 99.2 Å². The average Bonchev–Trinajstić information content (AvgIpc) is 3.41. The van der Waals surface area contributed by atoms with Crippen molar-refractivity contribution >= 4 is 5.57 Å². The van der Waals surface area contributed by atoms with Crippen LogP contribution in [0.3, 0.4) is 0 Å². The van der Waals surface area contributed by atoms with Gasteiger partial charge in [0.15, 0.2) is 0 Å². The molecule has 0 fully saturated rings. The van der Waals surface area contributed by atoms with Crippen molar-refractivity contribution in [1.82, 2.24) is 0 Å². The minimum absolute atomic E-state index is 0.0791. The van der Waals surface area contributed by atoms with E-state index in [9.17, 15) is 0 Å². The third-order valence-corrected chi connectivity index (χ3v) is 7.61. The van der Waals surface area contributed by atoms with E-state index in [1.54, 1.807) is 11.1 Å². The maximum absolute atomic E-state index is 2.46. The van der Waals surface area contributed by atoms with Crippen LogP contribution in [0.4, 0.5) is 0 Å². The molecule has 4 rings (SSSR count). The van der Waals surface area contributed by atoms with Crippen molar-refractivity contribution < 1.29 is 0 Å². The molecule has 3 aliphatic carbocycles. The third-order valence-electron chi connectivity index (χ3n) is 7.61. The van der Waals surface area contributed by atoms with Gasteiger partial charge in [-0.25, -0.2) is 0 Å². The minimum atomic E-state index is 0.0791. The molecule has 0 spiro atoms. The summed E-state index contributed by atoms with van der Waals surface area (Å²) >= 11 is 0. The van der Waals surface area contributed by atoms with Gasteiger partial charge in [-0.05, 0) is 78.7 Å². The smallest absolute Gasteiger partial charge is 0.0213 e. The summed E-state index contributed by atoms with van der Waals surface area (Å²) in [6.07, 6.45) is 19.3. The summed E-state index contributed by atoms with van der Waals surface area (Å²) in [5.74, 6) is 0.802. The van der Waals surface area contributed by atoms with Gasteiger partial charge in [-0.3, -0.25) is 0 Å². The highest BCUT2D eigenvalue weighted by Gasteiger charge is 2.40. The quantitative estimate of drug-likeness (QED) is 0.493. The molecule has 0 saturated carbocycles. The zero-order chi connectivity index (χ0) is 20.9. The van der Waals surface area contributed by atoms with Gasteiger partial charge in [0.2, 0.25) is 0 Å². The SMILES string of the molecule is CCC1=C(C2C=CC=C2)C(C)(C)C(C)=C1c1cc(C)c(C)c(C)c1C1C=CC=C1. The summed E-state index contributed by atoms with van der Waals surface area (Å²) < 4.78 is 0. The molecule has 1 aromatic carbocycles. The third kappa shape index (κ3) is 2.96. The first-order chi connectivity index (χ1) is 13.8. The lowest BCUT2D eigenvalue weighted by molar-refractivity contribution is 0.514. The summed E-state index contributed by atoms with van der Waals surface area (Å²) in [4.78, 5) is 0. The maximum Gasteiger partial charge on any atom is 0.0213 e. The summed E-state index contributed by atoms with van der Waals surface area (Å²) in [6, 6.07) is 2.46. The molecular formula is C29H34. The van der Waals surface area contributed by atoms with E-state index in [-0.39, 0.29) is 5.41 Å². The Balaban J connectivity index is 2.02. The standard InChI is InChI=1S/C29H34/c1-8-24-27(21(5)29(6,7)28(24)23-15-11-12-16-23)25-17-18(2)19(3)20(4)26(25)22-13-9-10-14-22/h9-17,22-23H,8H2,1-7H3. The van der Waals surface area contributed by atoms with Crippen LogP contribution in [-0.2, 0) is 0 Å². The van der Waals surface area contributed by atoms with Crippen molar-refractivity contribution in [3.63, 3.8) is 0 Å². The highest BCUT2D eigenvalue weighted by atomic mass is 14.4. The van der Waals surface area contributed by atoms with Gasteiger partial charge < -0.3 is 0 Å². The number of benzene rings is 1. The van der Waals surface area contributed by atoms with Crippen molar-refractivity contribution in [1.29, 1.82) is 0 Å². The number of aryl methyl sites for hydroxylation is 1. The van der Waals surface area contributed by atoms with Crippen molar-refractivity contribution in [2.75, 3.05) is 0 Å². The molecule has 0 bridgehead atoms. The maximum atomic E-state index is 2.46. The van der Waals surface area contributed by atoms with E-state index in [1.165, 1.54) is 39.0 Å². The van der Waals surface area contributed by atoms with Gasteiger partial charge in [-0.15, -0.1) is 0 Å². The Morgan fingerprint density at radius 2 is 1.34 bits per heavy atom. The van der Waals surface area contributed by atoms with E-state index in [1.807, 2.05) is 0 Å². The van der Waals surface area contributed by atoms with Gasteiger partial charge in [0.05, 0.1) is 0 Å². The Labute approximate surface area is 177 Å². The van der Waals surface area contributed by atoms with Crippen LogP contribution in [0.1, 0.15) is 67.9 Å². The van der Waals surface area contributed by atoms with E-state index < -0.39 is 0 Å². The molecule has 0 radical (unpaired) electrons. The molecule has 0 saturated heterocycles. The molecule has 29 heavy (non-hydrogen) atoms. The highest BCUT2D eigenvalue weighted by Crippen LogP contribution is 2.55. The molecule has 1 aromatic rings. The van der Waals surface area contributed by atoms with E-state index >= 15 is 0 Å². The van der Waals surface area contributed by atoms with Gasteiger partial charge in [-0.1, -0.05) is 81.0 Å². The first-order valence-corrected chi connectivity index (χ1v) is 11.0. The predicted octanol–water partition coefficient (Wildman–Crippen LogP) is 8.08. The zero-order valence-electron chi connectivity index (χ0n) is 19.1. The Hall–Kier alpha value is -2.34. The monoisotopic (exact) mass is 382 g/mol. The van der Waals surface area contributed by atoms with Crippen LogP contribution >= 0.6 is 0 Å². The fourth-order valence-electron chi connectivity index (χ4n) is 5.59. The molecule has 0 heteroatoms. The van der Waals surface area contributed by atoms with Gasteiger partial charge in [0, 0.05) is 17.3 Å². The Morgan fingerprint density at radius 3 is 1.90 bits per heavy atom. The van der Waals surface area contributed by atoms with E-state index in [4.69, 9.17) is 0 Å². The molecule has 0 unspecified atom stereocenters. The molecule has 0 N–H and O–H groups in total. The minimum Gasteiger partial charge on any atom is -0.0735 e. The van der Waals surface area contributed by atoms with Gasteiger partial charge >= 0.3 is 0 Å². The van der Waals surface area contributed by atoms with Gasteiger partial charge in [-0.2, -0.15) is 0 Å². The molecule has 150 valence electrons. The van der Waals surface area contributed by atoms with Crippen molar-refractivity contribution in [2.45, 2.75) is 60.8 Å². The van der Waals surface area contributed by atoms with Gasteiger partial charge in [0.1, 0.15) is 0 Å². The number of rotatable bonds is 4. The van der Waals surface area contributed by atoms with Crippen LogP contribution in [0.25, 0.3) is 5.57 Å². The molecule has 0 atom stereocenters. The molecule has 0 aliphatic heterocycles. The molecule has 0 heterocycles. The Bertz CT molecular complexity index is 1020. The van der Waals surface area contributed by atoms with Crippen LogP contribution in [-0.4, -0.2) is 0 Å². The molecule has 0 nitrogen and oxygen atoms in total.